The SMILES string of the molecule is Cc1cc([C@@H](C)Nc2ccccc2C(=O)O)c2oc3c(-c4ccccc4)cncc3c2c1. The van der Waals surface area contributed by atoms with E-state index in [1.165, 1.54) is 0 Å². The number of rotatable bonds is 5. The highest BCUT2D eigenvalue weighted by Gasteiger charge is 2.20. The Bertz CT molecular complexity index is 1450. The number of hydrogen-bond donors (Lipinski definition) is 2. The number of para-hydroxylation sites is 1. The second-order valence-electron chi connectivity index (χ2n) is 7.98. The Hall–Kier alpha value is -4.12. The molecular weight excluding hydrogens is 400 g/mol. The van der Waals surface area contributed by atoms with Crippen LogP contribution >= 0.6 is 0 Å². The van der Waals surface area contributed by atoms with Gasteiger partial charge in [0.2, 0.25) is 0 Å². The van der Waals surface area contributed by atoms with Gasteiger partial charge in [-0.25, -0.2) is 4.79 Å². The fourth-order valence-corrected chi connectivity index (χ4v) is 4.22. The lowest BCUT2D eigenvalue weighted by Crippen LogP contribution is -2.11. The van der Waals surface area contributed by atoms with Crippen molar-refractivity contribution in [2.45, 2.75) is 19.9 Å². The van der Waals surface area contributed by atoms with Gasteiger partial charge in [0.25, 0.3) is 0 Å². The van der Waals surface area contributed by atoms with Crippen LogP contribution in [0.3, 0.4) is 0 Å². The zero-order valence-corrected chi connectivity index (χ0v) is 17.8. The largest absolute Gasteiger partial charge is 0.478 e. The van der Waals surface area contributed by atoms with Crippen LogP contribution in [-0.4, -0.2) is 16.1 Å². The van der Waals surface area contributed by atoms with Gasteiger partial charge in [0.05, 0.1) is 11.6 Å². The number of anilines is 1. The van der Waals surface area contributed by atoms with Gasteiger partial charge in [0, 0.05) is 40.0 Å². The Balaban J connectivity index is 1.67. The molecule has 0 saturated heterocycles. The predicted molar refractivity (Wildman–Crippen MR) is 127 cm³/mol. The summed E-state index contributed by atoms with van der Waals surface area (Å²) in [5, 5.41) is 14.9. The van der Waals surface area contributed by atoms with E-state index in [9.17, 15) is 9.90 Å². The van der Waals surface area contributed by atoms with Gasteiger partial charge in [0.1, 0.15) is 11.2 Å². The van der Waals surface area contributed by atoms with Gasteiger partial charge in [0.15, 0.2) is 0 Å². The fraction of sp³-hybridized carbons (Fsp3) is 0.111. The van der Waals surface area contributed by atoms with Gasteiger partial charge in [-0.1, -0.05) is 48.5 Å². The number of carboxylic acid groups (broad SMARTS) is 1. The molecule has 3 aromatic carbocycles. The van der Waals surface area contributed by atoms with Gasteiger partial charge in [-0.3, -0.25) is 4.98 Å². The maximum absolute atomic E-state index is 11.6. The van der Waals surface area contributed by atoms with Crippen LogP contribution in [0.1, 0.15) is 34.5 Å². The van der Waals surface area contributed by atoms with Crippen LogP contribution in [-0.2, 0) is 0 Å². The van der Waals surface area contributed by atoms with E-state index >= 15 is 0 Å². The number of aromatic nitrogens is 1. The van der Waals surface area contributed by atoms with Crippen molar-refractivity contribution >= 4 is 33.6 Å². The molecule has 32 heavy (non-hydrogen) atoms. The lowest BCUT2D eigenvalue weighted by Gasteiger charge is -2.18. The first-order valence-corrected chi connectivity index (χ1v) is 10.5. The Morgan fingerprint density at radius 3 is 2.50 bits per heavy atom. The number of fused-ring (bicyclic) bond motifs is 3. The van der Waals surface area contributed by atoms with Crippen LogP contribution in [0.5, 0.6) is 0 Å². The van der Waals surface area contributed by atoms with Crippen LogP contribution in [0, 0.1) is 6.92 Å². The van der Waals surface area contributed by atoms with Gasteiger partial charge in [-0.2, -0.15) is 0 Å². The third-order valence-electron chi connectivity index (χ3n) is 5.73. The number of nitrogens with one attached hydrogen (secondary N) is 1. The van der Waals surface area contributed by atoms with Crippen LogP contribution in [0.15, 0.2) is 83.5 Å². The molecule has 0 fully saturated rings. The van der Waals surface area contributed by atoms with E-state index in [0.717, 1.165) is 44.2 Å². The van der Waals surface area contributed by atoms with E-state index in [-0.39, 0.29) is 11.6 Å². The average Bonchev–Trinajstić information content (AvgIpc) is 3.18. The van der Waals surface area contributed by atoms with E-state index in [4.69, 9.17) is 4.42 Å². The van der Waals surface area contributed by atoms with Crippen molar-refractivity contribution < 1.29 is 14.3 Å². The molecular formula is C27H22N2O3. The topological polar surface area (TPSA) is 75.4 Å². The number of benzene rings is 3. The molecule has 2 aromatic heterocycles. The summed E-state index contributed by atoms with van der Waals surface area (Å²) in [6.45, 7) is 4.06. The Kier molecular flexibility index (Phi) is 4.86. The lowest BCUT2D eigenvalue weighted by molar-refractivity contribution is 0.0698. The molecule has 0 spiro atoms. The minimum atomic E-state index is -0.961. The highest BCUT2D eigenvalue weighted by Crippen LogP contribution is 2.39. The van der Waals surface area contributed by atoms with E-state index in [1.807, 2.05) is 62.6 Å². The molecule has 5 rings (SSSR count). The van der Waals surface area contributed by atoms with Gasteiger partial charge in [-0.15, -0.1) is 0 Å². The average molecular weight is 422 g/mol. The first kappa shape index (κ1) is 19.8. The summed E-state index contributed by atoms with van der Waals surface area (Å²) >= 11 is 0. The second kappa shape index (κ2) is 7.85. The maximum atomic E-state index is 11.6. The summed E-state index contributed by atoms with van der Waals surface area (Å²) in [4.78, 5) is 16.1. The number of furan rings is 1. The number of hydrogen-bond acceptors (Lipinski definition) is 4. The molecule has 5 aromatic rings. The van der Waals surface area contributed by atoms with Crippen molar-refractivity contribution in [2.75, 3.05) is 5.32 Å². The van der Waals surface area contributed by atoms with Crippen molar-refractivity contribution in [1.82, 2.24) is 4.98 Å². The number of aromatic carboxylic acids is 1. The monoisotopic (exact) mass is 422 g/mol. The first-order chi connectivity index (χ1) is 15.5. The Labute approximate surface area is 185 Å². The van der Waals surface area contributed by atoms with E-state index in [2.05, 4.69) is 22.4 Å². The van der Waals surface area contributed by atoms with Crippen molar-refractivity contribution in [3.05, 3.63) is 95.8 Å². The van der Waals surface area contributed by atoms with Crippen LogP contribution in [0.4, 0.5) is 5.69 Å². The van der Waals surface area contributed by atoms with Gasteiger partial charge < -0.3 is 14.8 Å². The summed E-state index contributed by atoms with van der Waals surface area (Å²) in [5.74, 6) is -0.961. The molecule has 0 saturated carbocycles. The standard InChI is InChI=1S/C27H22N2O3/c1-16-12-20(17(2)29-24-11-7-6-10-19(24)27(30)31)25-21(13-16)23-15-28-14-22(26(23)32-25)18-8-4-3-5-9-18/h3-15,17,29H,1-2H3,(H,30,31)/t17-/m1/s1. The van der Waals surface area contributed by atoms with Crippen LogP contribution in [0.25, 0.3) is 33.1 Å². The second-order valence-corrected chi connectivity index (χ2v) is 7.98. The van der Waals surface area contributed by atoms with Crippen molar-refractivity contribution in [1.29, 1.82) is 0 Å². The maximum Gasteiger partial charge on any atom is 0.337 e. The number of nitrogens with zero attached hydrogens (tertiary/aromatic N) is 1. The molecule has 158 valence electrons. The molecule has 0 aliphatic heterocycles. The van der Waals surface area contributed by atoms with E-state index in [0.29, 0.717) is 5.69 Å². The summed E-state index contributed by atoms with van der Waals surface area (Å²) in [7, 11) is 0. The van der Waals surface area contributed by atoms with Crippen molar-refractivity contribution in [3.8, 4) is 11.1 Å². The summed E-state index contributed by atoms with van der Waals surface area (Å²) in [6, 6.07) is 21.0. The number of pyridine rings is 1. The predicted octanol–water partition coefficient (Wildman–Crippen LogP) is 6.83. The van der Waals surface area contributed by atoms with Crippen LogP contribution in [0.2, 0.25) is 0 Å². The Morgan fingerprint density at radius 1 is 0.969 bits per heavy atom. The molecule has 5 heteroatoms. The minimum Gasteiger partial charge on any atom is -0.478 e. The quantitative estimate of drug-likeness (QED) is 0.325. The zero-order chi connectivity index (χ0) is 22.2. The normalized spacial score (nSPS) is 12.2. The van der Waals surface area contributed by atoms with Gasteiger partial charge in [-0.05, 0) is 43.2 Å². The summed E-state index contributed by atoms with van der Waals surface area (Å²) < 4.78 is 6.46. The first-order valence-electron chi connectivity index (χ1n) is 10.5. The van der Waals surface area contributed by atoms with Crippen LogP contribution < -0.4 is 5.32 Å². The summed E-state index contributed by atoms with van der Waals surface area (Å²) in [6.07, 6.45) is 3.67. The highest BCUT2D eigenvalue weighted by molar-refractivity contribution is 6.10. The molecule has 0 aliphatic rings. The third kappa shape index (κ3) is 3.38. The molecule has 0 radical (unpaired) electrons. The van der Waals surface area contributed by atoms with E-state index in [1.54, 1.807) is 18.2 Å². The smallest absolute Gasteiger partial charge is 0.337 e. The van der Waals surface area contributed by atoms with Crippen molar-refractivity contribution in [3.63, 3.8) is 0 Å². The van der Waals surface area contributed by atoms with Gasteiger partial charge >= 0.3 is 5.97 Å². The molecule has 1 atom stereocenters. The third-order valence-corrected chi connectivity index (χ3v) is 5.73. The fourth-order valence-electron chi connectivity index (χ4n) is 4.22. The molecule has 0 amide bonds. The lowest BCUT2D eigenvalue weighted by atomic mass is 10.00. The molecule has 5 nitrogen and oxygen atoms in total. The highest BCUT2D eigenvalue weighted by atomic mass is 16.4. The molecule has 0 unspecified atom stereocenters. The molecule has 2 heterocycles. The molecule has 0 bridgehead atoms. The molecule has 0 aliphatic carbocycles. The van der Waals surface area contributed by atoms with E-state index < -0.39 is 5.97 Å². The number of carboxylic acids is 1. The zero-order valence-electron chi connectivity index (χ0n) is 17.8. The minimum absolute atomic E-state index is 0.174. The molecule has 2 N–H and O–H groups in total. The number of aryl methyl sites for hydroxylation is 1. The Morgan fingerprint density at radius 2 is 1.72 bits per heavy atom. The number of carbonyl (C=O) groups is 1. The summed E-state index contributed by atoms with van der Waals surface area (Å²) in [5.41, 5.74) is 6.45. The van der Waals surface area contributed by atoms with Crippen molar-refractivity contribution in [2.24, 2.45) is 0 Å².